The van der Waals surface area contributed by atoms with E-state index in [9.17, 15) is 4.79 Å². The molecule has 0 aromatic carbocycles. The first kappa shape index (κ1) is 15.6. The zero-order chi connectivity index (χ0) is 14.8. The fourth-order valence-electron chi connectivity index (χ4n) is 3.12. The third-order valence-corrected chi connectivity index (χ3v) is 4.14. The molecule has 5 heteroatoms. The maximum absolute atomic E-state index is 12.2. The SMILES string of the molecule is CC1CC(N2CCNCC2)CCN1C(=O)OC(C)(C)C. The second-order valence-electron chi connectivity index (χ2n) is 6.99. The van der Waals surface area contributed by atoms with Gasteiger partial charge in [0, 0.05) is 44.8 Å². The Labute approximate surface area is 122 Å². The highest BCUT2D eigenvalue weighted by molar-refractivity contribution is 5.68. The summed E-state index contributed by atoms with van der Waals surface area (Å²) in [6.07, 6.45) is 1.95. The Kier molecular flexibility index (Phi) is 4.91. The molecule has 2 aliphatic heterocycles. The zero-order valence-corrected chi connectivity index (χ0v) is 13.3. The van der Waals surface area contributed by atoms with Crippen LogP contribution in [-0.2, 0) is 4.74 Å². The summed E-state index contributed by atoms with van der Waals surface area (Å²) in [6.45, 7) is 13.1. The number of hydrogen-bond acceptors (Lipinski definition) is 4. The van der Waals surface area contributed by atoms with Crippen LogP contribution in [0.5, 0.6) is 0 Å². The Morgan fingerprint density at radius 1 is 1.20 bits per heavy atom. The Bertz CT molecular complexity index is 335. The topological polar surface area (TPSA) is 44.8 Å². The van der Waals surface area contributed by atoms with Gasteiger partial charge in [-0.15, -0.1) is 0 Å². The van der Waals surface area contributed by atoms with Gasteiger partial charge in [-0.2, -0.15) is 0 Å². The Balaban J connectivity index is 1.87. The minimum absolute atomic E-state index is 0.163. The molecule has 20 heavy (non-hydrogen) atoms. The summed E-state index contributed by atoms with van der Waals surface area (Å²) in [5.74, 6) is 0. The van der Waals surface area contributed by atoms with Gasteiger partial charge in [0.2, 0.25) is 0 Å². The van der Waals surface area contributed by atoms with Gasteiger partial charge in [-0.3, -0.25) is 4.90 Å². The standard InChI is InChI=1S/C15H29N3O2/c1-12-11-13(17-9-6-16-7-10-17)5-8-18(12)14(19)20-15(2,3)4/h12-13,16H,5-11H2,1-4H3. The van der Waals surface area contributed by atoms with Crippen LogP contribution in [0.1, 0.15) is 40.5 Å². The third kappa shape index (κ3) is 4.09. The van der Waals surface area contributed by atoms with Crippen LogP contribution in [0.25, 0.3) is 0 Å². The van der Waals surface area contributed by atoms with Crippen molar-refractivity contribution in [3.05, 3.63) is 0 Å². The second-order valence-corrected chi connectivity index (χ2v) is 6.99. The lowest BCUT2D eigenvalue weighted by molar-refractivity contribution is 0.000506. The van der Waals surface area contributed by atoms with Crippen LogP contribution in [0.2, 0.25) is 0 Å². The van der Waals surface area contributed by atoms with Gasteiger partial charge in [0.25, 0.3) is 0 Å². The van der Waals surface area contributed by atoms with E-state index >= 15 is 0 Å². The summed E-state index contributed by atoms with van der Waals surface area (Å²) in [4.78, 5) is 16.6. The quantitative estimate of drug-likeness (QED) is 0.795. The lowest BCUT2D eigenvalue weighted by Crippen LogP contribution is -2.55. The molecule has 2 atom stereocenters. The monoisotopic (exact) mass is 283 g/mol. The van der Waals surface area contributed by atoms with E-state index in [1.807, 2.05) is 25.7 Å². The average Bonchev–Trinajstić information content (AvgIpc) is 2.37. The highest BCUT2D eigenvalue weighted by Gasteiger charge is 2.34. The van der Waals surface area contributed by atoms with Crippen LogP contribution in [0.4, 0.5) is 4.79 Å². The number of carbonyl (C=O) groups is 1. The molecule has 5 nitrogen and oxygen atoms in total. The summed E-state index contributed by atoms with van der Waals surface area (Å²) in [5, 5.41) is 3.39. The van der Waals surface area contributed by atoms with E-state index in [2.05, 4.69) is 17.1 Å². The molecule has 0 aromatic rings. The van der Waals surface area contributed by atoms with Crippen molar-refractivity contribution in [1.82, 2.24) is 15.1 Å². The normalized spacial score (nSPS) is 29.3. The molecule has 2 saturated heterocycles. The number of ether oxygens (including phenoxy) is 1. The maximum Gasteiger partial charge on any atom is 0.410 e. The summed E-state index contributed by atoms with van der Waals surface area (Å²) in [5.41, 5.74) is -0.411. The molecule has 0 saturated carbocycles. The molecule has 2 unspecified atom stereocenters. The molecule has 0 aromatic heterocycles. The van der Waals surface area contributed by atoms with Crippen LogP contribution in [0.15, 0.2) is 0 Å². The van der Waals surface area contributed by atoms with E-state index in [0.29, 0.717) is 6.04 Å². The number of rotatable bonds is 1. The first-order valence-electron chi connectivity index (χ1n) is 7.81. The smallest absolute Gasteiger partial charge is 0.410 e. The molecule has 2 aliphatic rings. The highest BCUT2D eigenvalue weighted by atomic mass is 16.6. The average molecular weight is 283 g/mol. The minimum Gasteiger partial charge on any atom is -0.444 e. The molecule has 0 radical (unpaired) electrons. The molecule has 2 rings (SSSR count). The second kappa shape index (κ2) is 6.31. The summed E-state index contributed by atoms with van der Waals surface area (Å²) >= 11 is 0. The number of piperazine rings is 1. The summed E-state index contributed by atoms with van der Waals surface area (Å²) in [7, 11) is 0. The lowest BCUT2D eigenvalue weighted by atomic mass is 9.96. The highest BCUT2D eigenvalue weighted by Crippen LogP contribution is 2.24. The Morgan fingerprint density at radius 3 is 2.40 bits per heavy atom. The van der Waals surface area contributed by atoms with E-state index in [1.165, 1.54) is 0 Å². The number of nitrogens with zero attached hydrogens (tertiary/aromatic N) is 2. The van der Waals surface area contributed by atoms with Crippen LogP contribution < -0.4 is 5.32 Å². The third-order valence-electron chi connectivity index (χ3n) is 4.14. The summed E-state index contributed by atoms with van der Waals surface area (Å²) < 4.78 is 5.49. The van der Waals surface area contributed by atoms with Crippen molar-refractivity contribution in [2.24, 2.45) is 0 Å². The molecular formula is C15H29N3O2. The van der Waals surface area contributed by atoms with E-state index < -0.39 is 5.60 Å². The molecule has 2 heterocycles. The van der Waals surface area contributed by atoms with Crippen molar-refractivity contribution in [2.75, 3.05) is 32.7 Å². The van der Waals surface area contributed by atoms with E-state index in [0.717, 1.165) is 45.6 Å². The van der Waals surface area contributed by atoms with Crippen LogP contribution >= 0.6 is 0 Å². The largest absolute Gasteiger partial charge is 0.444 e. The Morgan fingerprint density at radius 2 is 1.85 bits per heavy atom. The Hall–Kier alpha value is -0.810. The van der Waals surface area contributed by atoms with Crippen molar-refractivity contribution in [2.45, 2.75) is 58.2 Å². The number of nitrogens with one attached hydrogen (secondary N) is 1. The lowest BCUT2D eigenvalue weighted by Gasteiger charge is -2.43. The number of likely N-dealkylation sites (tertiary alicyclic amines) is 1. The molecule has 1 N–H and O–H groups in total. The molecule has 1 amide bonds. The van der Waals surface area contributed by atoms with Gasteiger partial charge in [-0.05, 0) is 40.5 Å². The van der Waals surface area contributed by atoms with Gasteiger partial charge in [0.1, 0.15) is 5.60 Å². The summed E-state index contributed by atoms with van der Waals surface area (Å²) in [6, 6.07) is 0.879. The molecule has 0 aliphatic carbocycles. The predicted molar refractivity (Wildman–Crippen MR) is 79.9 cm³/mol. The molecular weight excluding hydrogens is 254 g/mol. The van der Waals surface area contributed by atoms with Gasteiger partial charge < -0.3 is 15.0 Å². The number of hydrogen-bond donors (Lipinski definition) is 1. The van der Waals surface area contributed by atoms with Crippen molar-refractivity contribution in [1.29, 1.82) is 0 Å². The molecule has 2 fully saturated rings. The fraction of sp³-hybridized carbons (Fsp3) is 0.933. The van der Waals surface area contributed by atoms with E-state index in [1.54, 1.807) is 0 Å². The van der Waals surface area contributed by atoms with Gasteiger partial charge in [0.05, 0.1) is 0 Å². The van der Waals surface area contributed by atoms with Gasteiger partial charge in [0.15, 0.2) is 0 Å². The van der Waals surface area contributed by atoms with Gasteiger partial charge in [-0.25, -0.2) is 4.79 Å². The number of amides is 1. The first-order chi connectivity index (χ1) is 9.37. The predicted octanol–water partition coefficient (Wildman–Crippen LogP) is 1.68. The maximum atomic E-state index is 12.2. The zero-order valence-electron chi connectivity index (χ0n) is 13.3. The molecule has 0 bridgehead atoms. The fourth-order valence-corrected chi connectivity index (χ4v) is 3.12. The van der Waals surface area contributed by atoms with Crippen LogP contribution in [-0.4, -0.2) is 66.3 Å². The van der Waals surface area contributed by atoms with Crippen molar-refractivity contribution >= 4 is 6.09 Å². The van der Waals surface area contributed by atoms with Crippen LogP contribution in [0, 0.1) is 0 Å². The van der Waals surface area contributed by atoms with Crippen molar-refractivity contribution in [3.8, 4) is 0 Å². The number of piperidine rings is 1. The van der Waals surface area contributed by atoms with E-state index in [-0.39, 0.29) is 12.1 Å². The first-order valence-corrected chi connectivity index (χ1v) is 7.81. The molecule has 116 valence electrons. The van der Waals surface area contributed by atoms with Gasteiger partial charge >= 0.3 is 6.09 Å². The van der Waals surface area contributed by atoms with Gasteiger partial charge in [-0.1, -0.05) is 0 Å². The van der Waals surface area contributed by atoms with Crippen molar-refractivity contribution < 1.29 is 9.53 Å². The van der Waals surface area contributed by atoms with Crippen molar-refractivity contribution in [3.63, 3.8) is 0 Å². The van der Waals surface area contributed by atoms with Crippen LogP contribution in [0.3, 0.4) is 0 Å². The number of carbonyl (C=O) groups excluding carboxylic acids is 1. The van der Waals surface area contributed by atoms with E-state index in [4.69, 9.17) is 4.74 Å². The molecule has 0 spiro atoms. The minimum atomic E-state index is -0.411.